The number of rotatable bonds is 2. The van der Waals surface area contributed by atoms with E-state index in [1.165, 1.54) is 27.2 Å². The highest BCUT2D eigenvalue weighted by atomic mass is 16.8. The van der Waals surface area contributed by atoms with Crippen molar-refractivity contribution in [3.05, 3.63) is 12.0 Å². The molecule has 4 heteroatoms. The molecule has 0 saturated heterocycles. The van der Waals surface area contributed by atoms with Crippen LogP contribution >= 0.6 is 0 Å². The molecular weight excluding hydrogens is 148 g/mol. The van der Waals surface area contributed by atoms with E-state index in [4.69, 9.17) is 14.2 Å². The van der Waals surface area contributed by atoms with Crippen LogP contribution in [0.25, 0.3) is 0 Å². The molecule has 0 bridgehead atoms. The zero-order valence-electron chi connectivity index (χ0n) is 6.71. The maximum absolute atomic E-state index is 11.1. The second kappa shape index (κ2) is 2.54. The van der Waals surface area contributed by atoms with Crippen molar-refractivity contribution >= 4 is 5.78 Å². The summed E-state index contributed by atoms with van der Waals surface area (Å²) >= 11 is 0. The molecule has 0 aliphatic carbocycles. The first-order valence-electron chi connectivity index (χ1n) is 3.16. The summed E-state index contributed by atoms with van der Waals surface area (Å²) in [4.78, 5) is 11.1. The number of hydrogen-bond acceptors (Lipinski definition) is 4. The van der Waals surface area contributed by atoms with Gasteiger partial charge in [0.05, 0.1) is 13.2 Å². The van der Waals surface area contributed by atoms with Crippen molar-refractivity contribution < 1.29 is 19.0 Å². The lowest BCUT2D eigenvalue weighted by atomic mass is 10.2. The van der Waals surface area contributed by atoms with Crippen LogP contribution in [0.15, 0.2) is 12.0 Å². The highest BCUT2D eigenvalue weighted by molar-refractivity contribution is 5.97. The second-order valence-corrected chi connectivity index (χ2v) is 2.28. The molecule has 0 aromatic rings. The third kappa shape index (κ3) is 1.21. The molecule has 1 heterocycles. The summed E-state index contributed by atoms with van der Waals surface area (Å²) in [5.41, 5.74) is 0. The van der Waals surface area contributed by atoms with E-state index in [1.54, 1.807) is 0 Å². The van der Waals surface area contributed by atoms with Gasteiger partial charge in [-0.2, -0.15) is 0 Å². The van der Waals surface area contributed by atoms with Gasteiger partial charge in [0.2, 0.25) is 5.78 Å². The molecule has 4 nitrogen and oxygen atoms in total. The Morgan fingerprint density at radius 3 is 2.45 bits per heavy atom. The van der Waals surface area contributed by atoms with Crippen LogP contribution in [0.4, 0.5) is 0 Å². The van der Waals surface area contributed by atoms with Crippen LogP contribution in [-0.2, 0) is 19.0 Å². The summed E-state index contributed by atoms with van der Waals surface area (Å²) in [6.45, 7) is 1.54. The molecular formula is C7H10O4. The SMILES string of the molecule is COC1=CC(=O)C(C)(OC)O1. The van der Waals surface area contributed by atoms with E-state index in [-0.39, 0.29) is 11.7 Å². The van der Waals surface area contributed by atoms with Gasteiger partial charge in [-0.05, 0) is 0 Å². The quantitative estimate of drug-likeness (QED) is 0.584. The van der Waals surface area contributed by atoms with Crippen molar-refractivity contribution in [2.24, 2.45) is 0 Å². The fourth-order valence-electron chi connectivity index (χ4n) is 0.753. The maximum atomic E-state index is 11.1. The van der Waals surface area contributed by atoms with Gasteiger partial charge in [0, 0.05) is 14.0 Å². The van der Waals surface area contributed by atoms with Gasteiger partial charge in [0.1, 0.15) is 0 Å². The smallest absolute Gasteiger partial charge is 0.285 e. The van der Waals surface area contributed by atoms with Crippen LogP contribution in [-0.4, -0.2) is 25.8 Å². The lowest BCUT2D eigenvalue weighted by Gasteiger charge is -2.20. The van der Waals surface area contributed by atoms with Crippen molar-refractivity contribution in [1.82, 2.24) is 0 Å². The predicted octanol–water partition coefficient (Wildman–Crippen LogP) is 0.436. The van der Waals surface area contributed by atoms with Crippen molar-refractivity contribution in [2.75, 3.05) is 14.2 Å². The third-order valence-electron chi connectivity index (χ3n) is 1.58. The summed E-state index contributed by atoms with van der Waals surface area (Å²) in [6.07, 6.45) is 1.27. The molecule has 0 fully saturated rings. The minimum absolute atomic E-state index is 0.194. The number of hydrogen-bond donors (Lipinski definition) is 0. The van der Waals surface area contributed by atoms with Crippen molar-refractivity contribution in [2.45, 2.75) is 12.7 Å². The van der Waals surface area contributed by atoms with Crippen LogP contribution in [0, 0.1) is 0 Å². The Hall–Kier alpha value is -1.03. The molecule has 0 spiro atoms. The highest BCUT2D eigenvalue weighted by Crippen LogP contribution is 2.25. The van der Waals surface area contributed by atoms with E-state index < -0.39 is 5.79 Å². The fourth-order valence-corrected chi connectivity index (χ4v) is 0.753. The normalized spacial score (nSPS) is 29.7. The minimum Gasteiger partial charge on any atom is -0.469 e. The Labute approximate surface area is 64.7 Å². The third-order valence-corrected chi connectivity index (χ3v) is 1.58. The summed E-state index contributed by atoms with van der Waals surface area (Å²) < 4.78 is 14.6. The number of methoxy groups -OCH3 is 2. The van der Waals surface area contributed by atoms with E-state index in [0.29, 0.717) is 0 Å². The van der Waals surface area contributed by atoms with Gasteiger partial charge in [-0.25, -0.2) is 0 Å². The van der Waals surface area contributed by atoms with Gasteiger partial charge in [0.15, 0.2) is 0 Å². The molecule has 1 rings (SSSR count). The number of carbonyl (C=O) groups is 1. The molecule has 0 saturated carbocycles. The monoisotopic (exact) mass is 158 g/mol. The summed E-state index contributed by atoms with van der Waals surface area (Å²) in [6, 6.07) is 0. The van der Waals surface area contributed by atoms with E-state index in [0.717, 1.165) is 0 Å². The molecule has 0 aromatic heterocycles. The zero-order chi connectivity index (χ0) is 8.48. The average Bonchev–Trinajstić information content (AvgIpc) is 2.29. The van der Waals surface area contributed by atoms with E-state index >= 15 is 0 Å². The number of carbonyl (C=O) groups excluding carboxylic acids is 1. The Bertz CT molecular complexity index is 208. The van der Waals surface area contributed by atoms with Gasteiger partial charge in [-0.1, -0.05) is 0 Å². The number of ether oxygens (including phenoxy) is 3. The maximum Gasteiger partial charge on any atom is 0.285 e. The second-order valence-electron chi connectivity index (χ2n) is 2.28. The molecule has 1 aliphatic heterocycles. The lowest BCUT2D eigenvalue weighted by molar-refractivity contribution is -0.194. The van der Waals surface area contributed by atoms with Gasteiger partial charge < -0.3 is 14.2 Å². The largest absolute Gasteiger partial charge is 0.469 e. The Kier molecular flexibility index (Phi) is 1.87. The van der Waals surface area contributed by atoms with Crippen molar-refractivity contribution in [3.8, 4) is 0 Å². The Morgan fingerprint density at radius 2 is 2.18 bits per heavy atom. The van der Waals surface area contributed by atoms with Gasteiger partial charge >= 0.3 is 0 Å². The van der Waals surface area contributed by atoms with Crippen LogP contribution in [0.5, 0.6) is 0 Å². The first-order chi connectivity index (χ1) is 5.12. The fraction of sp³-hybridized carbons (Fsp3) is 0.571. The molecule has 0 N–H and O–H groups in total. The highest BCUT2D eigenvalue weighted by Gasteiger charge is 2.41. The minimum atomic E-state index is -1.19. The molecule has 1 atom stereocenters. The Morgan fingerprint density at radius 1 is 1.55 bits per heavy atom. The van der Waals surface area contributed by atoms with Crippen LogP contribution in [0.2, 0.25) is 0 Å². The van der Waals surface area contributed by atoms with Gasteiger partial charge in [-0.15, -0.1) is 0 Å². The first-order valence-corrected chi connectivity index (χ1v) is 3.16. The summed E-state index contributed by atoms with van der Waals surface area (Å²) in [7, 11) is 2.84. The lowest BCUT2D eigenvalue weighted by Crippen LogP contribution is -2.34. The predicted molar refractivity (Wildman–Crippen MR) is 36.6 cm³/mol. The Balaban J connectivity index is 2.76. The van der Waals surface area contributed by atoms with E-state index in [1.807, 2.05) is 0 Å². The molecule has 0 radical (unpaired) electrons. The molecule has 0 amide bonds. The van der Waals surface area contributed by atoms with Gasteiger partial charge in [-0.3, -0.25) is 4.79 Å². The topological polar surface area (TPSA) is 44.8 Å². The van der Waals surface area contributed by atoms with Crippen molar-refractivity contribution in [1.29, 1.82) is 0 Å². The average molecular weight is 158 g/mol. The first kappa shape index (κ1) is 8.07. The molecule has 62 valence electrons. The van der Waals surface area contributed by atoms with Gasteiger partial charge in [0.25, 0.3) is 11.7 Å². The molecule has 11 heavy (non-hydrogen) atoms. The van der Waals surface area contributed by atoms with Crippen LogP contribution < -0.4 is 0 Å². The van der Waals surface area contributed by atoms with E-state index in [9.17, 15) is 4.79 Å². The molecule has 1 aliphatic rings. The zero-order valence-corrected chi connectivity index (χ0v) is 6.71. The van der Waals surface area contributed by atoms with E-state index in [2.05, 4.69) is 0 Å². The van der Waals surface area contributed by atoms with Crippen LogP contribution in [0.3, 0.4) is 0 Å². The van der Waals surface area contributed by atoms with Crippen molar-refractivity contribution in [3.63, 3.8) is 0 Å². The molecule has 1 unspecified atom stereocenters. The molecule has 0 aromatic carbocycles. The number of ketones is 1. The summed E-state index contributed by atoms with van der Waals surface area (Å²) in [5, 5.41) is 0. The van der Waals surface area contributed by atoms with Crippen LogP contribution in [0.1, 0.15) is 6.92 Å². The standard InChI is InChI=1S/C7H10O4/c1-7(10-3)5(8)4-6(9-2)11-7/h4H,1-3H3. The summed E-state index contributed by atoms with van der Waals surface area (Å²) in [5.74, 6) is -1.23.